The van der Waals surface area contributed by atoms with Gasteiger partial charge in [0.15, 0.2) is 0 Å². The normalized spacial score (nSPS) is 12.3. The largest absolute Gasteiger partial charge is 0.395 e. The number of nitrogens with one attached hydrogen (secondary N) is 1. The van der Waals surface area contributed by atoms with Crippen LogP contribution in [0.15, 0.2) is 29.4 Å². The van der Waals surface area contributed by atoms with Crippen molar-refractivity contribution in [1.29, 1.82) is 0 Å². The van der Waals surface area contributed by atoms with E-state index < -0.39 is 11.7 Å². The van der Waals surface area contributed by atoms with Gasteiger partial charge in [-0.15, -0.1) is 23.1 Å². The molecule has 3 rings (SSSR count). The number of carbonyl (C=O) groups excluding carboxylic acids is 1. The van der Waals surface area contributed by atoms with Gasteiger partial charge in [0, 0.05) is 36.3 Å². The van der Waals surface area contributed by atoms with E-state index in [4.69, 9.17) is 5.11 Å². The first-order chi connectivity index (χ1) is 14.5. The maximum Gasteiger partial charge on any atom is 0.254 e. The minimum atomic E-state index is -0.601. The van der Waals surface area contributed by atoms with Gasteiger partial charge < -0.3 is 10.4 Å². The first-order valence-electron chi connectivity index (χ1n) is 9.83. The molecular formula is C21H25FN4O2S2. The summed E-state index contributed by atoms with van der Waals surface area (Å²) in [5.74, 6) is 0.218. The van der Waals surface area contributed by atoms with Crippen molar-refractivity contribution in [3.05, 3.63) is 46.7 Å². The Labute approximate surface area is 183 Å². The van der Waals surface area contributed by atoms with Crippen molar-refractivity contribution in [3.8, 4) is 0 Å². The molecule has 0 spiro atoms. The van der Waals surface area contributed by atoms with E-state index in [1.165, 1.54) is 23.5 Å². The molecule has 0 saturated carbocycles. The van der Waals surface area contributed by atoms with Gasteiger partial charge >= 0.3 is 0 Å². The summed E-state index contributed by atoms with van der Waals surface area (Å²) in [7, 11) is 0. The van der Waals surface area contributed by atoms with E-state index in [1.54, 1.807) is 11.8 Å². The molecule has 2 N–H and O–H groups in total. The Morgan fingerprint density at radius 3 is 2.70 bits per heavy atom. The van der Waals surface area contributed by atoms with E-state index in [-0.39, 0.29) is 18.7 Å². The van der Waals surface area contributed by atoms with Crippen molar-refractivity contribution in [1.82, 2.24) is 20.3 Å². The summed E-state index contributed by atoms with van der Waals surface area (Å²) in [6.07, 6.45) is 9.33. The van der Waals surface area contributed by atoms with Crippen LogP contribution in [-0.2, 0) is 12.8 Å². The minimum absolute atomic E-state index is 0.0213. The predicted molar refractivity (Wildman–Crippen MR) is 119 cm³/mol. The van der Waals surface area contributed by atoms with Crippen LogP contribution in [0.25, 0.3) is 10.2 Å². The van der Waals surface area contributed by atoms with Crippen LogP contribution in [0.1, 0.15) is 41.0 Å². The van der Waals surface area contributed by atoms with Crippen LogP contribution < -0.4 is 5.32 Å². The number of aryl methyl sites for hydroxylation is 2. The highest BCUT2D eigenvalue weighted by molar-refractivity contribution is 7.98. The smallest absolute Gasteiger partial charge is 0.254 e. The van der Waals surface area contributed by atoms with Gasteiger partial charge in [0.25, 0.3) is 5.91 Å². The zero-order chi connectivity index (χ0) is 21.5. The first-order valence-corrected chi connectivity index (χ1v) is 11.9. The third-order valence-corrected chi connectivity index (χ3v) is 6.55. The monoisotopic (exact) mass is 448 g/mol. The zero-order valence-electron chi connectivity index (χ0n) is 17.0. The highest BCUT2D eigenvalue weighted by Crippen LogP contribution is 2.27. The summed E-state index contributed by atoms with van der Waals surface area (Å²) in [5.41, 5.74) is 0.549. The van der Waals surface area contributed by atoms with Crippen molar-refractivity contribution < 1.29 is 14.3 Å². The van der Waals surface area contributed by atoms with Crippen molar-refractivity contribution in [2.75, 3.05) is 19.4 Å². The van der Waals surface area contributed by atoms with E-state index in [1.807, 2.05) is 18.6 Å². The molecule has 30 heavy (non-hydrogen) atoms. The van der Waals surface area contributed by atoms with Crippen molar-refractivity contribution in [2.45, 2.75) is 37.5 Å². The second-order valence-electron chi connectivity index (χ2n) is 7.11. The molecular weight excluding hydrogens is 423 g/mol. The number of thiazole rings is 1. The number of aliphatic hydroxyl groups excluding tert-OH is 1. The zero-order valence-corrected chi connectivity index (χ0v) is 18.7. The molecule has 6 nitrogen and oxygen atoms in total. The molecule has 1 amide bonds. The van der Waals surface area contributed by atoms with Crippen molar-refractivity contribution in [3.63, 3.8) is 0 Å². The molecule has 0 bridgehead atoms. The van der Waals surface area contributed by atoms with E-state index >= 15 is 0 Å². The van der Waals surface area contributed by atoms with Gasteiger partial charge in [-0.05, 0) is 37.5 Å². The second-order valence-corrected chi connectivity index (χ2v) is 9.10. The average molecular weight is 449 g/mol. The minimum Gasteiger partial charge on any atom is -0.395 e. The molecule has 0 unspecified atom stereocenters. The standard InChI is InChI=1S/C21H25FN4O2S2/c1-13(3-5-19-24-11-14(29-2)12-25-19)4-6-20-26-17-10-16(22)15(9-18(17)30-20)21(28)23-7-8-27/h9-13,27H,3-8H2,1-2H3,(H,23,28)/t13-/m0/s1. The Balaban J connectivity index is 1.56. The predicted octanol–water partition coefficient (Wildman–Crippen LogP) is 3.87. The number of fused-ring (bicyclic) bond motifs is 1. The molecule has 160 valence electrons. The summed E-state index contributed by atoms with van der Waals surface area (Å²) < 4.78 is 15.0. The maximum atomic E-state index is 14.3. The van der Waals surface area contributed by atoms with E-state index in [2.05, 4.69) is 27.2 Å². The summed E-state index contributed by atoms with van der Waals surface area (Å²) >= 11 is 3.12. The lowest BCUT2D eigenvalue weighted by atomic mass is 10.00. The lowest BCUT2D eigenvalue weighted by molar-refractivity contribution is 0.0941. The van der Waals surface area contributed by atoms with E-state index in [0.717, 1.165) is 46.1 Å². The number of rotatable bonds is 10. The fraction of sp³-hybridized carbons (Fsp3) is 0.429. The van der Waals surface area contributed by atoms with Gasteiger partial charge in [0.05, 0.1) is 27.4 Å². The molecule has 1 atom stereocenters. The Kier molecular flexibility index (Phi) is 8.12. The van der Waals surface area contributed by atoms with Crippen LogP contribution in [0.4, 0.5) is 4.39 Å². The molecule has 3 aromatic rings. The van der Waals surface area contributed by atoms with Crippen LogP contribution in [0.5, 0.6) is 0 Å². The number of carbonyl (C=O) groups is 1. The van der Waals surface area contributed by atoms with Crippen LogP contribution in [0.3, 0.4) is 0 Å². The third kappa shape index (κ3) is 5.96. The highest BCUT2D eigenvalue weighted by atomic mass is 32.2. The van der Waals surface area contributed by atoms with Gasteiger partial charge in [-0.2, -0.15) is 0 Å². The van der Waals surface area contributed by atoms with Crippen LogP contribution >= 0.6 is 23.1 Å². The maximum absolute atomic E-state index is 14.3. The Morgan fingerprint density at radius 1 is 1.27 bits per heavy atom. The number of aliphatic hydroxyl groups is 1. The number of halogens is 1. The lowest BCUT2D eigenvalue weighted by Gasteiger charge is -2.09. The Bertz CT molecular complexity index is 995. The number of benzene rings is 1. The second kappa shape index (κ2) is 10.8. The quantitative estimate of drug-likeness (QED) is 0.458. The number of aromatic nitrogens is 3. The molecule has 0 aliphatic carbocycles. The van der Waals surface area contributed by atoms with E-state index in [0.29, 0.717) is 11.4 Å². The summed E-state index contributed by atoms with van der Waals surface area (Å²) in [5, 5.41) is 12.2. The van der Waals surface area contributed by atoms with Gasteiger partial charge in [-0.1, -0.05) is 6.92 Å². The summed E-state index contributed by atoms with van der Waals surface area (Å²) in [4.78, 5) is 26.4. The van der Waals surface area contributed by atoms with Crippen LogP contribution in [-0.4, -0.2) is 45.4 Å². The topological polar surface area (TPSA) is 88.0 Å². The summed E-state index contributed by atoms with van der Waals surface area (Å²) in [6.45, 7) is 2.11. The molecule has 0 saturated heterocycles. The number of hydrogen-bond acceptors (Lipinski definition) is 7. The summed E-state index contributed by atoms with van der Waals surface area (Å²) in [6, 6.07) is 2.85. The highest BCUT2D eigenvalue weighted by Gasteiger charge is 2.15. The van der Waals surface area contributed by atoms with Crippen molar-refractivity contribution >= 4 is 39.2 Å². The number of thioether (sulfide) groups is 1. The fourth-order valence-electron chi connectivity index (χ4n) is 3.01. The van der Waals surface area contributed by atoms with Gasteiger partial charge in [0.1, 0.15) is 11.6 Å². The Hall–Kier alpha value is -2.10. The molecule has 0 radical (unpaired) electrons. The molecule has 1 aromatic carbocycles. The van der Waals surface area contributed by atoms with Crippen LogP contribution in [0.2, 0.25) is 0 Å². The lowest BCUT2D eigenvalue weighted by Crippen LogP contribution is -2.27. The van der Waals surface area contributed by atoms with Gasteiger partial charge in [0.2, 0.25) is 0 Å². The molecule has 9 heteroatoms. The number of hydrogen-bond donors (Lipinski definition) is 2. The SMILES string of the molecule is CSc1cnc(CC[C@H](C)CCc2nc3cc(F)c(C(=O)NCCO)cc3s2)nc1. The molecule has 0 fully saturated rings. The Morgan fingerprint density at radius 2 is 2.00 bits per heavy atom. The molecule has 0 aliphatic rings. The third-order valence-electron chi connectivity index (χ3n) is 4.79. The number of amides is 1. The van der Waals surface area contributed by atoms with Crippen LogP contribution in [0, 0.1) is 11.7 Å². The first kappa shape index (κ1) is 22.6. The average Bonchev–Trinajstić information content (AvgIpc) is 3.15. The van der Waals surface area contributed by atoms with E-state index in [9.17, 15) is 9.18 Å². The number of nitrogens with zero attached hydrogens (tertiary/aromatic N) is 3. The van der Waals surface area contributed by atoms with Gasteiger partial charge in [-0.3, -0.25) is 4.79 Å². The van der Waals surface area contributed by atoms with Gasteiger partial charge in [-0.25, -0.2) is 19.3 Å². The molecule has 2 heterocycles. The molecule has 2 aromatic heterocycles. The fourth-order valence-corrected chi connectivity index (χ4v) is 4.33. The van der Waals surface area contributed by atoms with Crippen molar-refractivity contribution in [2.24, 2.45) is 5.92 Å². The molecule has 0 aliphatic heterocycles.